The Hall–Kier alpha value is -0.940. The van der Waals surface area contributed by atoms with Crippen molar-refractivity contribution >= 4 is 31.9 Å². The molecule has 106 valence electrons. The molecule has 0 N–H and O–H groups in total. The maximum atomic E-state index is 13.2. The van der Waals surface area contributed by atoms with Crippen LogP contribution in [0.3, 0.4) is 0 Å². The summed E-state index contributed by atoms with van der Waals surface area (Å²) in [7, 11) is 1.60. The number of hydrogen-bond acceptors (Lipinski definition) is 1. The molecule has 5 heteroatoms. The van der Waals surface area contributed by atoms with Crippen molar-refractivity contribution in [2.24, 2.45) is 0 Å². The molecule has 0 aromatic heterocycles. The maximum absolute atomic E-state index is 13.2. The van der Waals surface area contributed by atoms with Crippen molar-refractivity contribution in [3.05, 3.63) is 63.6 Å². The highest BCUT2D eigenvalue weighted by Crippen LogP contribution is 2.35. The van der Waals surface area contributed by atoms with Crippen LogP contribution in [-0.4, -0.2) is 7.11 Å². The van der Waals surface area contributed by atoms with Gasteiger partial charge in [-0.05, 0) is 42.3 Å². The van der Waals surface area contributed by atoms with E-state index in [2.05, 4.69) is 31.9 Å². The van der Waals surface area contributed by atoms with Crippen molar-refractivity contribution in [1.29, 1.82) is 0 Å². The van der Waals surface area contributed by atoms with Gasteiger partial charge in [-0.3, -0.25) is 0 Å². The van der Waals surface area contributed by atoms with E-state index in [4.69, 9.17) is 4.74 Å². The Morgan fingerprint density at radius 2 is 1.85 bits per heavy atom. The quantitative estimate of drug-likeness (QED) is 0.617. The fourth-order valence-corrected chi connectivity index (χ4v) is 3.04. The Morgan fingerprint density at radius 1 is 1.10 bits per heavy atom. The lowest BCUT2D eigenvalue weighted by Gasteiger charge is -2.15. The first-order valence-corrected chi connectivity index (χ1v) is 7.63. The van der Waals surface area contributed by atoms with Gasteiger partial charge in [0.1, 0.15) is 5.75 Å². The predicted octanol–water partition coefficient (Wildman–Crippen LogP) is 5.41. The van der Waals surface area contributed by atoms with Gasteiger partial charge in [0.25, 0.3) is 0 Å². The molecule has 2 aromatic carbocycles. The smallest absolute Gasteiger partial charge is 0.159 e. The van der Waals surface area contributed by atoms with Crippen LogP contribution in [0.4, 0.5) is 8.78 Å². The third-order valence-electron chi connectivity index (χ3n) is 2.93. The minimum atomic E-state index is -0.833. The second-order valence-corrected chi connectivity index (χ2v) is 6.33. The van der Waals surface area contributed by atoms with Crippen LogP contribution < -0.4 is 4.74 Å². The summed E-state index contributed by atoms with van der Waals surface area (Å²) in [6.45, 7) is 0. The zero-order chi connectivity index (χ0) is 14.7. The van der Waals surface area contributed by atoms with E-state index < -0.39 is 11.6 Å². The molecule has 0 amide bonds. The molecule has 1 nitrogen and oxygen atoms in total. The van der Waals surface area contributed by atoms with Crippen molar-refractivity contribution in [3.63, 3.8) is 0 Å². The minimum absolute atomic E-state index is 0.0557. The number of alkyl halides is 1. The highest BCUT2D eigenvalue weighted by atomic mass is 79.9. The van der Waals surface area contributed by atoms with Crippen molar-refractivity contribution in [1.82, 2.24) is 0 Å². The van der Waals surface area contributed by atoms with Crippen molar-refractivity contribution < 1.29 is 13.5 Å². The molecule has 0 fully saturated rings. The number of methoxy groups -OCH3 is 1. The summed E-state index contributed by atoms with van der Waals surface area (Å²) in [5.41, 5.74) is 1.67. The molecular formula is C15H12Br2F2O. The summed E-state index contributed by atoms with van der Waals surface area (Å²) in [4.78, 5) is -0.0557. The van der Waals surface area contributed by atoms with E-state index in [1.54, 1.807) is 13.2 Å². The van der Waals surface area contributed by atoms with Crippen LogP contribution in [0, 0.1) is 11.6 Å². The second kappa shape index (κ2) is 6.68. The van der Waals surface area contributed by atoms with Crippen LogP contribution in [0.25, 0.3) is 0 Å². The highest BCUT2D eigenvalue weighted by Gasteiger charge is 2.15. The van der Waals surface area contributed by atoms with Gasteiger partial charge in [-0.25, -0.2) is 8.78 Å². The summed E-state index contributed by atoms with van der Waals surface area (Å²) in [5, 5.41) is 0. The summed E-state index contributed by atoms with van der Waals surface area (Å²) in [5.74, 6) is -0.916. The fraction of sp³-hybridized carbons (Fsp3) is 0.200. The molecule has 2 rings (SSSR count). The van der Waals surface area contributed by atoms with E-state index >= 15 is 0 Å². The van der Waals surface area contributed by atoms with Crippen LogP contribution in [0.1, 0.15) is 16.0 Å². The molecular weight excluding hydrogens is 394 g/mol. The molecule has 0 heterocycles. The molecule has 0 aliphatic carbocycles. The number of rotatable bonds is 4. The van der Waals surface area contributed by atoms with Crippen molar-refractivity contribution in [2.45, 2.75) is 11.2 Å². The molecule has 0 saturated carbocycles. The lowest BCUT2D eigenvalue weighted by atomic mass is 10.0. The average molecular weight is 406 g/mol. The molecule has 20 heavy (non-hydrogen) atoms. The molecule has 0 radical (unpaired) electrons. The Balaban J connectivity index is 2.25. The van der Waals surface area contributed by atoms with Gasteiger partial charge in [0.2, 0.25) is 0 Å². The predicted molar refractivity (Wildman–Crippen MR) is 82.4 cm³/mol. The zero-order valence-electron chi connectivity index (χ0n) is 10.7. The monoisotopic (exact) mass is 404 g/mol. The lowest BCUT2D eigenvalue weighted by Crippen LogP contribution is -2.00. The molecule has 0 spiro atoms. The normalized spacial score (nSPS) is 12.2. The van der Waals surface area contributed by atoms with Gasteiger partial charge in [0.15, 0.2) is 11.6 Å². The Labute approximate surface area is 133 Å². The standard InChI is InChI=1S/C15H12Br2F2O/c1-20-15-5-3-10(16)8-11(15)12(17)6-9-2-4-13(18)14(19)7-9/h2-5,7-8,12H,6H2,1H3. The van der Waals surface area contributed by atoms with E-state index in [-0.39, 0.29) is 4.83 Å². The summed E-state index contributed by atoms with van der Waals surface area (Å²) in [6, 6.07) is 9.63. The van der Waals surface area contributed by atoms with Gasteiger partial charge in [0.05, 0.1) is 7.11 Å². The van der Waals surface area contributed by atoms with Crippen LogP contribution >= 0.6 is 31.9 Å². The van der Waals surface area contributed by atoms with Gasteiger partial charge in [-0.15, -0.1) is 0 Å². The number of benzene rings is 2. The number of ether oxygens (including phenoxy) is 1. The summed E-state index contributed by atoms with van der Waals surface area (Å²) in [6.07, 6.45) is 0.532. The van der Waals surface area contributed by atoms with E-state index in [0.717, 1.165) is 21.9 Å². The molecule has 0 aliphatic heterocycles. The highest BCUT2D eigenvalue weighted by molar-refractivity contribution is 9.10. The maximum Gasteiger partial charge on any atom is 0.159 e. The molecule has 0 aliphatic rings. The van der Waals surface area contributed by atoms with Crippen LogP contribution in [0.5, 0.6) is 5.75 Å². The lowest BCUT2D eigenvalue weighted by molar-refractivity contribution is 0.409. The van der Waals surface area contributed by atoms with Gasteiger partial charge < -0.3 is 4.74 Å². The largest absolute Gasteiger partial charge is 0.496 e. The van der Waals surface area contributed by atoms with Crippen LogP contribution in [-0.2, 0) is 6.42 Å². The topological polar surface area (TPSA) is 9.23 Å². The van der Waals surface area contributed by atoms with Crippen LogP contribution in [0.2, 0.25) is 0 Å². The Kier molecular flexibility index (Phi) is 5.16. The third kappa shape index (κ3) is 3.58. The van der Waals surface area contributed by atoms with Crippen molar-refractivity contribution in [3.8, 4) is 5.75 Å². The summed E-state index contributed by atoms with van der Waals surface area (Å²) >= 11 is 6.99. The third-order valence-corrected chi connectivity index (χ3v) is 4.24. The molecule has 0 bridgehead atoms. The van der Waals surface area contributed by atoms with Gasteiger partial charge in [0, 0.05) is 14.9 Å². The minimum Gasteiger partial charge on any atom is -0.496 e. The molecule has 2 aromatic rings. The molecule has 0 saturated heterocycles. The Bertz CT molecular complexity index is 617. The van der Waals surface area contributed by atoms with E-state index in [1.165, 1.54) is 6.07 Å². The number of halogens is 4. The Morgan fingerprint density at radius 3 is 2.50 bits per heavy atom. The van der Waals surface area contributed by atoms with E-state index in [0.29, 0.717) is 12.0 Å². The molecule has 1 atom stereocenters. The fourth-order valence-electron chi connectivity index (χ4n) is 1.93. The first-order valence-electron chi connectivity index (χ1n) is 5.92. The summed E-state index contributed by atoms with van der Waals surface area (Å²) < 4.78 is 32.4. The van der Waals surface area contributed by atoms with Crippen LogP contribution in [0.15, 0.2) is 40.9 Å². The van der Waals surface area contributed by atoms with Gasteiger partial charge >= 0.3 is 0 Å². The molecule has 1 unspecified atom stereocenters. The van der Waals surface area contributed by atoms with E-state index in [1.807, 2.05) is 18.2 Å². The van der Waals surface area contributed by atoms with Gasteiger partial charge in [-0.1, -0.05) is 37.9 Å². The second-order valence-electron chi connectivity index (χ2n) is 4.31. The van der Waals surface area contributed by atoms with E-state index in [9.17, 15) is 8.78 Å². The first kappa shape index (κ1) is 15.4. The first-order chi connectivity index (χ1) is 9.51. The SMILES string of the molecule is COc1ccc(Br)cc1C(Br)Cc1ccc(F)c(F)c1. The van der Waals surface area contributed by atoms with Crippen molar-refractivity contribution in [2.75, 3.05) is 7.11 Å². The zero-order valence-corrected chi connectivity index (χ0v) is 13.8. The van der Waals surface area contributed by atoms with Gasteiger partial charge in [-0.2, -0.15) is 0 Å². The number of hydrogen-bond donors (Lipinski definition) is 0. The average Bonchev–Trinajstić information content (AvgIpc) is 2.43.